The van der Waals surface area contributed by atoms with Crippen molar-refractivity contribution in [3.63, 3.8) is 0 Å². The number of fused-ring (bicyclic) bond motifs is 1. The average molecular weight is 851 g/mol. The number of H-pyrrole nitrogens is 1. The molecule has 3 saturated heterocycles. The highest BCUT2D eigenvalue weighted by atomic mass is 16.5. The third-order valence-corrected chi connectivity index (χ3v) is 12.5. The lowest BCUT2D eigenvalue weighted by atomic mass is 9.95. The number of benzene rings is 2. The maximum absolute atomic E-state index is 12.9. The third-order valence-electron chi connectivity index (χ3n) is 12.5. The molecule has 1 unspecified atom stereocenters. The monoisotopic (exact) mass is 850 g/mol. The number of pyridine rings is 1. The number of nitrogens with one attached hydrogen (secondary N) is 3. The molecule has 1 atom stereocenters. The van der Waals surface area contributed by atoms with Gasteiger partial charge in [-0.1, -0.05) is 44.1 Å². The molecule has 2 aromatic carbocycles. The van der Waals surface area contributed by atoms with Crippen molar-refractivity contribution < 1.29 is 18.9 Å². The molecule has 0 radical (unpaired) electrons. The summed E-state index contributed by atoms with van der Waals surface area (Å²) in [5.41, 5.74) is 8.91. The molecule has 0 bridgehead atoms. The number of aromatic amines is 1. The number of anilines is 3. The van der Waals surface area contributed by atoms with Gasteiger partial charge in [0.2, 0.25) is 5.91 Å². The second-order valence-corrected chi connectivity index (χ2v) is 18.0. The topological polar surface area (TPSA) is 182 Å². The Labute approximate surface area is 366 Å². The van der Waals surface area contributed by atoms with Crippen LogP contribution in [0.3, 0.4) is 0 Å². The van der Waals surface area contributed by atoms with Gasteiger partial charge in [-0.3, -0.25) is 29.7 Å². The first-order valence-electron chi connectivity index (χ1n) is 21.9. The van der Waals surface area contributed by atoms with Gasteiger partial charge in [0.25, 0.3) is 0 Å². The van der Waals surface area contributed by atoms with Gasteiger partial charge in [0.05, 0.1) is 35.0 Å². The fourth-order valence-electron chi connectivity index (χ4n) is 8.90. The number of aromatic nitrogens is 6. The van der Waals surface area contributed by atoms with E-state index in [1.54, 1.807) is 11.2 Å². The van der Waals surface area contributed by atoms with Gasteiger partial charge >= 0.3 is 17.8 Å². The van der Waals surface area contributed by atoms with E-state index in [2.05, 4.69) is 86.8 Å². The highest BCUT2D eigenvalue weighted by Gasteiger charge is 2.28. The van der Waals surface area contributed by atoms with E-state index < -0.39 is 5.91 Å². The quantitative estimate of drug-likeness (QED) is 0.134. The summed E-state index contributed by atoms with van der Waals surface area (Å²) in [4.78, 5) is 67.9. The molecule has 3 N–H and O–H groups in total. The number of urea groups is 1. The summed E-state index contributed by atoms with van der Waals surface area (Å²) in [5, 5.41) is 10.3. The van der Waals surface area contributed by atoms with E-state index in [1.807, 2.05) is 65.1 Å². The van der Waals surface area contributed by atoms with Crippen LogP contribution in [0.15, 0.2) is 77.7 Å². The molecule has 3 aliphatic rings. The van der Waals surface area contributed by atoms with Gasteiger partial charge in [0.15, 0.2) is 5.82 Å². The van der Waals surface area contributed by atoms with Crippen molar-refractivity contribution in [2.24, 2.45) is 5.92 Å². The fourth-order valence-corrected chi connectivity index (χ4v) is 8.90. The number of nitrogens with zero attached hydrogens (tertiary/aromatic N) is 9. The van der Waals surface area contributed by atoms with E-state index in [1.165, 1.54) is 0 Å². The summed E-state index contributed by atoms with van der Waals surface area (Å²) in [7, 11) is 0. The number of carbonyl (C=O) groups excluding carboxylic acids is 3. The predicted molar refractivity (Wildman–Crippen MR) is 242 cm³/mol. The molecular formula is C47H54N12O4. The number of hydrogen-bond acceptors (Lipinski definition) is 12. The Bertz CT molecular complexity index is 2630. The SMILES string of the molecule is Cc1cc(-c2ncnc3[nH]c(-c4ccc(N5CCN(CC6CCN(c7cccc(N8CCC(=O)NC8=O)c7)CC6)CC5)cn4)cc23)ccc1C(C)NC(=O)c1nc(C(C)(C)C)no1. The molecule has 4 amide bonds. The van der Waals surface area contributed by atoms with Gasteiger partial charge in [-0.15, -0.1) is 0 Å². The molecule has 63 heavy (non-hydrogen) atoms. The minimum atomic E-state index is -0.413. The first-order chi connectivity index (χ1) is 30.4. The van der Waals surface area contributed by atoms with Crippen molar-refractivity contribution >= 4 is 45.9 Å². The van der Waals surface area contributed by atoms with E-state index in [0.717, 1.165) is 121 Å². The van der Waals surface area contributed by atoms with E-state index in [-0.39, 0.29) is 29.3 Å². The van der Waals surface area contributed by atoms with Gasteiger partial charge in [-0.25, -0.2) is 14.8 Å². The van der Waals surface area contributed by atoms with Crippen LogP contribution in [-0.4, -0.2) is 105 Å². The number of hydrogen-bond donors (Lipinski definition) is 3. The van der Waals surface area contributed by atoms with Gasteiger partial charge in [-0.05, 0) is 86.2 Å². The zero-order chi connectivity index (χ0) is 43.8. The number of piperidine rings is 1. The Hall–Kier alpha value is -6.68. The Morgan fingerprint density at radius 1 is 0.889 bits per heavy atom. The van der Waals surface area contributed by atoms with Crippen molar-refractivity contribution in [1.29, 1.82) is 0 Å². The lowest BCUT2D eigenvalue weighted by Crippen LogP contribution is -2.49. The van der Waals surface area contributed by atoms with Crippen LogP contribution >= 0.6 is 0 Å². The van der Waals surface area contributed by atoms with Crippen LogP contribution in [-0.2, 0) is 10.2 Å². The summed E-state index contributed by atoms with van der Waals surface area (Å²) in [6.07, 6.45) is 6.12. The third kappa shape index (κ3) is 8.98. The molecule has 3 fully saturated rings. The number of rotatable bonds is 10. The normalized spacial score (nSPS) is 17.3. The second-order valence-electron chi connectivity index (χ2n) is 18.0. The van der Waals surface area contributed by atoms with Gasteiger partial charge in [0.1, 0.15) is 12.0 Å². The molecule has 16 heteroatoms. The van der Waals surface area contributed by atoms with Gasteiger partial charge < -0.3 is 24.6 Å². The molecule has 4 aromatic heterocycles. The van der Waals surface area contributed by atoms with E-state index >= 15 is 0 Å². The number of aryl methyl sites for hydroxylation is 1. The Balaban J connectivity index is 0.777. The zero-order valence-corrected chi connectivity index (χ0v) is 36.5. The predicted octanol–water partition coefficient (Wildman–Crippen LogP) is 6.65. The molecule has 326 valence electrons. The molecule has 7 heterocycles. The number of amides is 4. The first kappa shape index (κ1) is 41.7. The Kier molecular flexibility index (Phi) is 11.4. The number of piperazine rings is 1. The lowest BCUT2D eigenvalue weighted by Gasteiger charge is -2.40. The van der Waals surface area contributed by atoms with Crippen molar-refractivity contribution in [3.05, 3.63) is 96.0 Å². The summed E-state index contributed by atoms with van der Waals surface area (Å²) >= 11 is 0. The van der Waals surface area contributed by atoms with Crippen LogP contribution < -0.4 is 25.3 Å². The van der Waals surface area contributed by atoms with E-state index in [4.69, 9.17) is 9.51 Å². The summed E-state index contributed by atoms with van der Waals surface area (Å²) < 4.78 is 5.25. The molecular weight excluding hydrogens is 797 g/mol. The van der Waals surface area contributed by atoms with E-state index in [9.17, 15) is 14.4 Å². The summed E-state index contributed by atoms with van der Waals surface area (Å²) in [6.45, 7) is 17.3. The largest absolute Gasteiger partial charge is 0.371 e. The van der Waals surface area contributed by atoms with Crippen LogP contribution in [0.4, 0.5) is 21.9 Å². The summed E-state index contributed by atoms with van der Waals surface area (Å²) in [5.74, 6) is 0.449. The Morgan fingerprint density at radius 3 is 2.38 bits per heavy atom. The molecule has 9 rings (SSSR count). The molecule has 0 aliphatic carbocycles. The highest BCUT2D eigenvalue weighted by Crippen LogP contribution is 2.33. The maximum Gasteiger partial charge on any atom is 0.328 e. The van der Waals surface area contributed by atoms with Crippen molar-refractivity contribution in [2.45, 2.75) is 65.3 Å². The molecule has 6 aromatic rings. The zero-order valence-electron chi connectivity index (χ0n) is 36.5. The number of carbonyl (C=O) groups is 3. The number of imide groups is 1. The minimum absolute atomic E-state index is 0.0512. The average Bonchev–Trinajstić information content (AvgIpc) is 3.97. The van der Waals surface area contributed by atoms with Crippen LogP contribution in [0, 0.1) is 12.8 Å². The molecule has 3 aliphatic heterocycles. The van der Waals surface area contributed by atoms with Gasteiger partial charge in [-0.2, -0.15) is 4.98 Å². The van der Waals surface area contributed by atoms with Crippen LogP contribution in [0.2, 0.25) is 0 Å². The van der Waals surface area contributed by atoms with Crippen molar-refractivity contribution in [3.8, 4) is 22.6 Å². The Morgan fingerprint density at radius 2 is 1.67 bits per heavy atom. The minimum Gasteiger partial charge on any atom is -0.371 e. The molecule has 0 spiro atoms. The molecule has 0 saturated carbocycles. The molecule has 16 nitrogen and oxygen atoms in total. The maximum atomic E-state index is 12.9. The van der Waals surface area contributed by atoms with Crippen molar-refractivity contribution in [2.75, 3.05) is 67.1 Å². The smallest absolute Gasteiger partial charge is 0.328 e. The summed E-state index contributed by atoms with van der Waals surface area (Å²) in [6, 6.07) is 19.9. The van der Waals surface area contributed by atoms with Crippen LogP contribution in [0.5, 0.6) is 0 Å². The van der Waals surface area contributed by atoms with Crippen LogP contribution in [0.1, 0.15) is 80.6 Å². The lowest BCUT2D eigenvalue weighted by molar-refractivity contribution is -0.120. The second kappa shape index (κ2) is 17.2. The van der Waals surface area contributed by atoms with Gasteiger partial charge in [0, 0.05) is 86.5 Å². The van der Waals surface area contributed by atoms with E-state index in [0.29, 0.717) is 24.7 Å². The first-order valence-corrected chi connectivity index (χ1v) is 21.9. The van der Waals surface area contributed by atoms with Crippen LogP contribution in [0.25, 0.3) is 33.7 Å². The fraction of sp³-hybridized carbons (Fsp3) is 0.404. The van der Waals surface area contributed by atoms with Crippen molar-refractivity contribution in [1.82, 2.24) is 45.6 Å². The standard InChI is InChI=1S/C47H54N12O4/c1-29-23-32(9-11-36(29)30(2)51-43(61)44-54-45(55-63-44)47(3,4)5)41-37-25-39(52-42(37)50-28-49-41)38-12-10-35(26-48-38)58-21-19-56(20-22-58)27-31-13-16-57(17-14-31)33-7-6-8-34(24-33)59-18-15-40(60)53-46(59)62/h6-12,23-26,28,30-31H,13-22,27H2,1-5H3,(H,51,61)(H,49,50,52)(H,53,60,62). The highest BCUT2D eigenvalue weighted by molar-refractivity contribution is 6.05.